The van der Waals surface area contributed by atoms with Gasteiger partial charge in [0.1, 0.15) is 17.8 Å². The van der Waals surface area contributed by atoms with E-state index in [4.69, 9.17) is 4.74 Å². The molecule has 41 heavy (non-hydrogen) atoms. The summed E-state index contributed by atoms with van der Waals surface area (Å²) in [5.74, 6) is -0.474. The Morgan fingerprint density at radius 1 is 0.976 bits per heavy atom. The predicted octanol–water partition coefficient (Wildman–Crippen LogP) is 4.91. The third-order valence-corrected chi connectivity index (χ3v) is 10.7. The van der Waals surface area contributed by atoms with E-state index in [2.05, 4.69) is 0 Å². The van der Waals surface area contributed by atoms with Crippen LogP contribution in [0, 0.1) is 28.9 Å². The van der Waals surface area contributed by atoms with E-state index in [-0.39, 0.29) is 29.4 Å². The molecule has 9 nitrogen and oxygen atoms in total. The third-order valence-electron chi connectivity index (χ3n) is 8.88. The fraction of sp³-hybridized carbons (Fsp3) is 0.387. The van der Waals surface area contributed by atoms with Crippen molar-refractivity contribution in [1.82, 2.24) is 4.31 Å². The summed E-state index contributed by atoms with van der Waals surface area (Å²) in [7, 11) is -3.64. The summed E-state index contributed by atoms with van der Waals surface area (Å²) >= 11 is 0. The number of carbonyl (C=O) groups is 1. The average Bonchev–Trinajstić information content (AvgIpc) is 3.69. The van der Waals surface area contributed by atoms with E-state index in [0.29, 0.717) is 43.1 Å². The molecule has 0 amide bonds. The first-order chi connectivity index (χ1) is 19.7. The van der Waals surface area contributed by atoms with E-state index in [1.807, 2.05) is 49.4 Å². The molecule has 10 heteroatoms. The topological polar surface area (TPSA) is 110 Å². The van der Waals surface area contributed by atoms with Crippen LogP contribution >= 0.6 is 0 Å². The van der Waals surface area contributed by atoms with E-state index in [9.17, 15) is 23.3 Å². The zero-order valence-corrected chi connectivity index (χ0v) is 23.7. The van der Waals surface area contributed by atoms with Crippen LogP contribution in [0.2, 0.25) is 0 Å². The van der Waals surface area contributed by atoms with Gasteiger partial charge < -0.3 is 9.64 Å². The highest BCUT2D eigenvalue weighted by atomic mass is 32.2. The van der Waals surface area contributed by atoms with Gasteiger partial charge in [-0.1, -0.05) is 60.2 Å². The van der Waals surface area contributed by atoms with Crippen LogP contribution in [0.5, 0.6) is 0 Å². The zero-order chi connectivity index (χ0) is 28.7. The number of nitro benzene ring substituents is 1. The Hall–Kier alpha value is -3.76. The standard InChI is InChI=1S/C31H33N3O6S/c1-21-13-15-24(16-14-21)41(38,39)32-19-23-18-29(30(25(23)20-32)22-8-3-2-4-9-22)40-31(35)28-12-7-17-33(28)26-10-5-6-11-27(26)34(36)37/h2-6,8-11,13-16,23,25,28-30H,7,12,17-20H2,1H3/t23-,25+,28+,29-,30+/m1/s1. The third kappa shape index (κ3) is 5.10. The number of ether oxygens (including phenoxy) is 1. The Kier molecular flexibility index (Phi) is 7.29. The van der Waals surface area contributed by atoms with E-state index < -0.39 is 27.1 Å². The van der Waals surface area contributed by atoms with Crippen LogP contribution in [0.1, 0.15) is 36.3 Å². The molecule has 0 bridgehead atoms. The summed E-state index contributed by atoms with van der Waals surface area (Å²) in [6.07, 6.45) is 1.45. The van der Waals surface area contributed by atoms with Gasteiger partial charge in [-0.2, -0.15) is 4.31 Å². The van der Waals surface area contributed by atoms with E-state index >= 15 is 0 Å². The highest BCUT2D eigenvalue weighted by molar-refractivity contribution is 7.89. The molecule has 3 fully saturated rings. The number of benzene rings is 3. The highest BCUT2D eigenvalue weighted by Gasteiger charge is 2.53. The molecule has 0 spiro atoms. The zero-order valence-electron chi connectivity index (χ0n) is 22.8. The van der Waals surface area contributed by atoms with E-state index in [0.717, 1.165) is 17.5 Å². The number of nitrogens with zero attached hydrogens (tertiary/aromatic N) is 3. The monoisotopic (exact) mass is 575 g/mol. The molecule has 3 aromatic carbocycles. The minimum absolute atomic E-state index is 0.00492. The summed E-state index contributed by atoms with van der Waals surface area (Å²) in [6, 6.07) is 22.7. The van der Waals surface area contributed by atoms with Crippen molar-refractivity contribution in [2.45, 2.75) is 49.1 Å². The molecule has 0 unspecified atom stereocenters. The van der Waals surface area contributed by atoms with Crippen molar-refractivity contribution in [2.75, 3.05) is 24.5 Å². The van der Waals surface area contributed by atoms with Gasteiger partial charge in [0.15, 0.2) is 0 Å². The Balaban J connectivity index is 1.23. The Morgan fingerprint density at radius 2 is 1.68 bits per heavy atom. The van der Waals surface area contributed by atoms with E-state index in [1.165, 1.54) is 6.07 Å². The van der Waals surface area contributed by atoms with Crippen molar-refractivity contribution in [3.63, 3.8) is 0 Å². The molecular weight excluding hydrogens is 542 g/mol. The molecule has 1 saturated carbocycles. The van der Waals surface area contributed by atoms with Crippen LogP contribution in [0.15, 0.2) is 83.8 Å². The van der Waals surface area contributed by atoms with Gasteiger partial charge in [-0.15, -0.1) is 0 Å². The lowest BCUT2D eigenvalue weighted by Gasteiger charge is -2.30. The Labute approximate surface area is 239 Å². The van der Waals surface area contributed by atoms with Crippen LogP contribution in [0.3, 0.4) is 0 Å². The molecule has 0 aromatic heterocycles. The summed E-state index contributed by atoms with van der Waals surface area (Å²) in [6.45, 7) is 3.20. The molecule has 0 N–H and O–H groups in total. The molecule has 5 atom stereocenters. The van der Waals surface area contributed by atoms with Gasteiger partial charge in [-0.3, -0.25) is 10.1 Å². The van der Waals surface area contributed by atoms with Crippen molar-refractivity contribution in [2.24, 2.45) is 11.8 Å². The molecule has 0 radical (unpaired) electrons. The van der Waals surface area contributed by atoms with Crippen molar-refractivity contribution in [3.8, 4) is 0 Å². The minimum atomic E-state index is -3.64. The Bertz CT molecular complexity index is 1550. The second-order valence-corrected chi connectivity index (χ2v) is 13.2. The van der Waals surface area contributed by atoms with Gasteiger partial charge in [0.2, 0.25) is 10.0 Å². The lowest BCUT2D eigenvalue weighted by molar-refractivity contribution is -0.384. The molecule has 2 aliphatic heterocycles. The second-order valence-electron chi connectivity index (χ2n) is 11.3. The maximum atomic E-state index is 13.7. The first-order valence-electron chi connectivity index (χ1n) is 14.1. The van der Waals surface area contributed by atoms with Gasteiger partial charge in [0.25, 0.3) is 5.69 Å². The number of hydrogen-bond donors (Lipinski definition) is 0. The highest BCUT2D eigenvalue weighted by Crippen LogP contribution is 2.50. The molecular formula is C31H33N3O6S. The van der Waals surface area contributed by atoms with Crippen LogP contribution in [-0.2, 0) is 19.6 Å². The van der Waals surface area contributed by atoms with Gasteiger partial charge in [0.05, 0.1) is 9.82 Å². The number of hydrogen-bond acceptors (Lipinski definition) is 7. The van der Waals surface area contributed by atoms with Crippen molar-refractivity contribution in [3.05, 3.63) is 100 Å². The second kappa shape index (κ2) is 10.9. The van der Waals surface area contributed by atoms with Crippen LogP contribution in [0.25, 0.3) is 0 Å². The number of anilines is 1. The minimum Gasteiger partial charge on any atom is -0.460 e. The smallest absolute Gasteiger partial charge is 0.329 e. The van der Waals surface area contributed by atoms with Crippen molar-refractivity contribution in [1.29, 1.82) is 0 Å². The molecule has 3 aromatic rings. The molecule has 1 aliphatic carbocycles. The largest absolute Gasteiger partial charge is 0.460 e. The van der Waals surface area contributed by atoms with Gasteiger partial charge in [0, 0.05) is 31.6 Å². The first-order valence-corrected chi connectivity index (χ1v) is 15.5. The number of rotatable bonds is 7. The van der Waals surface area contributed by atoms with E-state index in [1.54, 1.807) is 39.5 Å². The van der Waals surface area contributed by atoms with Crippen LogP contribution < -0.4 is 4.90 Å². The fourth-order valence-electron chi connectivity index (χ4n) is 6.94. The summed E-state index contributed by atoms with van der Waals surface area (Å²) in [5.41, 5.74) is 2.42. The number of esters is 1. The summed E-state index contributed by atoms with van der Waals surface area (Å²) in [5, 5.41) is 11.7. The molecule has 214 valence electrons. The number of sulfonamides is 1. The molecule has 3 aliphatic rings. The normalized spacial score (nSPS) is 26.2. The van der Waals surface area contributed by atoms with Crippen LogP contribution in [0.4, 0.5) is 11.4 Å². The quantitative estimate of drug-likeness (QED) is 0.224. The number of aryl methyl sites for hydroxylation is 1. The SMILES string of the molecule is Cc1ccc(S(=O)(=O)N2C[C@H]3C[C@@H](OC(=O)[C@@H]4CCCN4c4ccccc4[N+](=O)[O-])[C@@H](c4ccccc4)[C@H]3C2)cc1. The number of fused-ring (bicyclic) bond motifs is 1. The number of nitro groups is 1. The molecule has 2 heterocycles. The average molecular weight is 576 g/mol. The van der Waals surface area contributed by atoms with Crippen LogP contribution in [-0.4, -0.2) is 55.4 Å². The van der Waals surface area contributed by atoms with Gasteiger partial charge in [-0.25, -0.2) is 13.2 Å². The van der Waals surface area contributed by atoms with Crippen molar-refractivity contribution >= 4 is 27.4 Å². The first kappa shape index (κ1) is 27.4. The fourth-order valence-corrected chi connectivity index (χ4v) is 8.47. The summed E-state index contributed by atoms with van der Waals surface area (Å²) in [4.78, 5) is 27.0. The molecule has 6 rings (SSSR count). The van der Waals surface area contributed by atoms with Gasteiger partial charge >= 0.3 is 5.97 Å². The predicted molar refractivity (Wildman–Crippen MR) is 154 cm³/mol. The molecule has 2 saturated heterocycles. The lowest BCUT2D eigenvalue weighted by atomic mass is 9.86. The maximum Gasteiger partial charge on any atom is 0.329 e. The van der Waals surface area contributed by atoms with Crippen molar-refractivity contribution < 1.29 is 22.9 Å². The lowest BCUT2D eigenvalue weighted by Crippen LogP contribution is -2.40. The Morgan fingerprint density at radius 3 is 2.41 bits per heavy atom. The maximum absolute atomic E-state index is 13.7. The number of carbonyl (C=O) groups excluding carboxylic acids is 1. The van der Waals surface area contributed by atoms with Gasteiger partial charge in [-0.05, 0) is 61.8 Å². The number of para-hydroxylation sites is 2. The summed E-state index contributed by atoms with van der Waals surface area (Å²) < 4.78 is 34.8.